The molecule has 0 amide bonds. The zero-order chi connectivity index (χ0) is 22.7. The highest BCUT2D eigenvalue weighted by Gasteiger charge is 2.27. The number of hydrogen-bond donors (Lipinski definition) is 2. The molecular weight excluding hydrogens is 426 g/mol. The van der Waals surface area contributed by atoms with Gasteiger partial charge < -0.3 is 9.84 Å². The lowest BCUT2D eigenvalue weighted by molar-refractivity contribution is -0.139. The normalized spacial score (nSPS) is 15.7. The van der Waals surface area contributed by atoms with Crippen LogP contribution in [0.2, 0.25) is 0 Å². The molecule has 0 aliphatic heterocycles. The summed E-state index contributed by atoms with van der Waals surface area (Å²) in [6, 6.07) is 19.9. The van der Waals surface area contributed by atoms with E-state index in [0.29, 0.717) is 18.6 Å². The number of carboxylic acid groups (broad SMARTS) is 1. The summed E-state index contributed by atoms with van der Waals surface area (Å²) in [6.45, 7) is 1.59. The topological polar surface area (TPSA) is 92.7 Å². The van der Waals surface area contributed by atoms with Crippen LogP contribution in [0.15, 0.2) is 71.6 Å². The maximum atomic E-state index is 13.1. The third-order valence-electron chi connectivity index (χ3n) is 5.63. The molecule has 3 aromatic carbocycles. The van der Waals surface area contributed by atoms with Crippen molar-refractivity contribution < 1.29 is 23.1 Å². The summed E-state index contributed by atoms with van der Waals surface area (Å²) in [4.78, 5) is 11.1. The van der Waals surface area contributed by atoms with Crippen molar-refractivity contribution in [1.29, 1.82) is 0 Å². The maximum absolute atomic E-state index is 13.1. The predicted octanol–water partition coefficient (Wildman–Crippen LogP) is 4.48. The molecule has 1 aliphatic carbocycles. The molecule has 0 radical (unpaired) electrons. The first-order valence-corrected chi connectivity index (χ1v) is 12.0. The summed E-state index contributed by atoms with van der Waals surface area (Å²) in [6.07, 6.45) is 2.16. The smallest absolute Gasteiger partial charge is 0.341 e. The molecule has 166 valence electrons. The average molecular weight is 452 g/mol. The van der Waals surface area contributed by atoms with Crippen LogP contribution in [-0.2, 0) is 21.2 Å². The minimum atomic E-state index is -3.73. The highest BCUT2D eigenvalue weighted by atomic mass is 32.2. The van der Waals surface area contributed by atoms with Crippen LogP contribution in [0.4, 0.5) is 0 Å². The number of rotatable bonds is 7. The second kappa shape index (κ2) is 9.14. The molecule has 7 heteroatoms. The molecule has 1 aliphatic rings. The Morgan fingerprint density at radius 2 is 1.81 bits per heavy atom. The molecule has 0 saturated carbocycles. The summed E-state index contributed by atoms with van der Waals surface area (Å²) in [7, 11) is -3.73. The van der Waals surface area contributed by atoms with Gasteiger partial charge in [-0.3, -0.25) is 0 Å². The van der Waals surface area contributed by atoms with Crippen LogP contribution in [0.1, 0.15) is 35.6 Å². The van der Waals surface area contributed by atoms with Crippen LogP contribution in [0.5, 0.6) is 5.75 Å². The number of ether oxygens (including phenoxy) is 1. The molecule has 32 heavy (non-hydrogen) atoms. The lowest BCUT2D eigenvalue weighted by Gasteiger charge is -2.27. The first kappa shape index (κ1) is 22.0. The number of carboxylic acids is 1. The van der Waals surface area contributed by atoms with Gasteiger partial charge in [0.25, 0.3) is 0 Å². The summed E-state index contributed by atoms with van der Waals surface area (Å²) >= 11 is 0. The van der Waals surface area contributed by atoms with Gasteiger partial charge in [0, 0.05) is 6.04 Å². The lowest BCUT2D eigenvalue weighted by Crippen LogP contribution is -2.31. The van der Waals surface area contributed by atoms with Crippen LogP contribution in [-0.4, -0.2) is 26.1 Å². The number of benzene rings is 3. The highest BCUT2D eigenvalue weighted by Crippen LogP contribution is 2.36. The molecule has 0 spiro atoms. The largest absolute Gasteiger partial charge is 0.482 e. The number of hydrogen-bond acceptors (Lipinski definition) is 4. The van der Waals surface area contributed by atoms with Gasteiger partial charge >= 0.3 is 5.97 Å². The maximum Gasteiger partial charge on any atom is 0.341 e. The molecule has 0 bridgehead atoms. The van der Waals surface area contributed by atoms with E-state index in [2.05, 4.69) is 10.8 Å². The summed E-state index contributed by atoms with van der Waals surface area (Å²) in [5.74, 6) is -0.555. The molecule has 4 rings (SSSR count). The number of fused-ring (bicyclic) bond motifs is 1. The zero-order valence-electron chi connectivity index (χ0n) is 17.7. The van der Waals surface area contributed by atoms with Crippen LogP contribution in [0.25, 0.3) is 11.1 Å². The van der Waals surface area contributed by atoms with Crippen LogP contribution >= 0.6 is 0 Å². The summed E-state index contributed by atoms with van der Waals surface area (Å²) < 4.78 is 34.4. The van der Waals surface area contributed by atoms with Crippen molar-refractivity contribution >= 4 is 16.0 Å². The van der Waals surface area contributed by atoms with Crippen LogP contribution < -0.4 is 9.46 Å². The predicted molar refractivity (Wildman–Crippen MR) is 122 cm³/mol. The van der Waals surface area contributed by atoms with Gasteiger partial charge in [-0.2, -0.15) is 0 Å². The Balaban J connectivity index is 1.56. The van der Waals surface area contributed by atoms with Crippen molar-refractivity contribution in [1.82, 2.24) is 4.72 Å². The van der Waals surface area contributed by atoms with E-state index in [-0.39, 0.29) is 4.90 Å². The van der Waals surface area contributed by atoms with E-state index < -0.39 is 28.6 Å². The number of aliphatic carboxylic acids is 1. The van der Waals surface area contributed by atoms with Gasteiger partial charge in [-0.05, 0) is 66.6 Å². The standard InChI is InChI=1S/C25H25NO5S/c1-17-5-2-6-19(15-17)18-11-13-20(14-12-18)32(29,30)26-23-9-3-8-22-21(23)7-4-10-24(22)31-16-25(27)28/h2,4-7,10-15,23,26H,3,8-9,16H2,1H3,(H,27,28). The Labute approximate surface area is 187 Å². The molecule has 0 fully saturated rings. The van der Waals surface area contributed by atoms with Gasteiger partial charge in [-0.25, -0.2) is 17.9 Å². The fourth-order valence-corrected chi connectivity index (χ4v) is 5.37. The highest BCUT2D eigenvalue weighted by molar-refractivity contribution is 7.89. The van der Waals surface area contributed by atoms with Crippen LogP contribution in [0, 0.1) is 6.92 Å². The van der Waals surface area contributed by atoms with Crippen molar-refractivity contribution in [2.24, 2.45) is 0 Å². The van der Waals surface area contributed by atoms with Gasteiger partial charge in [0.05, 0.1) is 4.90 Å². The van der Waals surface area contributed by atoms with Crippen LogP contribution in [0.3, 0.4) is 0 Å². The fraction of sp³-hybridized carbons (Fsp3) is 0.240. The minimum Gasteiger partial charge on any atom is -0.482 e. The molecule has 1 atom stereocenters. The summed E-state index contributed by atoms with van der Waals surface area (Å²) in [5, 5.41) is 8.90. The van der Waals surface area contributed by atoms with E-state index in [1.165, 1.54) is 0 Å². The molecule has 2 N–H and O–H groups in total. The summed E-state index contributed by atoms with van der Waals surface area (Å²) in [5.41, 5.74) is 4.83. The van der Waals surface area contributed by atoms with Gasteiger partial charge in [0.1, 0.15) is 5.75 Å². The van der Waals surface area contributed by atoms with E-state index in [1.807, 2.05) is 43.3 Å². The third-order valence-corrected chi connectivity index (χ3v) is 7.12. The SMILES string of the molecule is Cc1cccc(-c2ccc(S(=O)(=O)NC3CCCc4c(OCC(=O)O)cccc43)cc2)c1. The fourth-order valence-electron chi connectivity index (χ4n) is 4.12. The first-order valence-electron chi connectivity index (χ1n) is 10.5. The number of sulfonamides is 1. The Kier molecular flexibility index (Phi) is 6.30. The lowest BCUT2D eigenvalue weighted by atomic mass is 9.87. The van der Waals surface area contributed by atoms with Crippen molar-refractivity contribution in [3.05, 3.63) is 83.4 Å². The van der Waals surface area contributed by atoms with Crippen molar-refractivity contribution in [3.63, 3.8) is 0 Å². The van der Waals surface area contributed by atoms with Gasteiger partial charge in [0.2, 0.25) is 10.0 Å². The Morgan fingerprint density at radius 3 is 2.53 bits per heavy atom. The minimum absolute atomic E-state index is 0.208. The van der Waals surface area contributed by atoms with E-state index >= 15 is 0 Å². The molecule has 1 unspecified atom stereocenters. The van der Waals surface area contributed by atoms with Crippen molar-refractivity contribution in [2.45, 2.75) is 37.1 Å². The molecule has 0 heterocycles. The number of carbonyl (C=O) groups is 1. The van der Waals surface area contributed by atoms with E-state index in [0.717, 1.165) is 34.2 Å². The second-order valence-corrected chi connectivity index (χ2v) is 9.68. The van der Waals surface area contributed by atoms with Gasteiger partial charge in [-0.15, -0.1) is 0 Å². The van der Waals surface area contributed by atoms with E-state index in [9.17, 15) is 13.2 Å². The number of nitrogens with one attached hydrogen (secondary N) is 1. The molecule has 0 saturated heterocycles. The first-order chi connectivity index (χ1) is 15.3. The molecule has 6 nitrogen and oxygen atoms in total. The quantitative estimate of drug-likeness (QED) is 0.552. The van der Waals surface area contributed by atoms with Crippen molar-refractivity contribution in [3.8, 4) is 16.9 Å². The molecule has 3 aromatic rings. The third kappa shape index (κ3) is 4.84. The number of aryl methyl sites for hydroxylation is 1. The molecular formula is C25H25NO5S. The van der Waals surface area contributed by atoms with Crippen molar-refractivity contribution in [2.75, 3.05) is 6.61 Å². The van der Waals surface area contributed by atoms with Gasteiger partial charge in [-0.1, -0.05) is 54.1 Å². The zero-order valence-corrected chi connectivity index (χ0v) is 18.6. The average Bonchev–Trinajstić information content (AvgIpc) is 2.78. The Hall–Kier alpha value is -3.16. The molecule has 0 aromatic heterocycles. The monoisotopic (exact) mass is 451 g/mol. The van der Waals surface area contributed by atoms with Gasteiger partial charge in [0.15, 0.2) is 6.61 Å². The van der Waals surface area contributed by atoms with E-state index in [1.54, 1.807) is 24.3 Å². The Bertz CT molecular complexity index is 1240. The second-order valence-electron chi connectivity index (χ2n) is 7.97. The van der Waals surface area contributed by atoms with E-state index in [4.69, 9.17) is 9.84 Å². The Morgan fingerprint density at radius 1 is 1.06 bits per heavy atom.